The predicted octanol–water partition coefficient (Wildman–Crippen LogP) is 4.02. The molecule has 2 heterocycles. The van der Waals surface area contributed by atoms with Crippen LogP contribution in [-0.4, -0.2) is 43.2 Å². The summed E-state index contributed by atoms with van der Waals surface area (Å²) in [5.41, 5.74) is 2.53. The second-order valence-electron chi connectivity index (χ2n) is 7.47. The second kappa shape index (κ2) is 9.47. The second-order valence-corrected chi connectivity index (χ2v) is 7.47. The molecule has 4 rings (SSSR count). The van der Waals surface area contributed by atoms with Crippen LogP contribution < -0.4 is 19.7 Å². The first-order valence-electron chi connectivity index (χ1n) is 10.3. The number of ether oxygens (including phenoxy) is 2. The van der Waals surface area contributed by atoms with Crippen LogP contribution in [0.15, 0.2) is 60.9 Å². The minimum absolute atomic E-state index is 0.0337. The van der Waals surface area contributed by atoms with Gasteiger partial charge in [-0.1, -0.05) is 30.3 Å². The minimum atomic E-state index is -0.153. The number of hydrogen-bond acceptors (Lipinski definition) is 6. The topological polar surface area (TPSA) is 76.6 Å². The number of nitrogens with one attached hydrogen (secondary N) is 1. The number of nitrogens with zero attached hydrogens (tertiary/aromatic N) is 3. The van der Waals surface area contributed by atoms with Crippen molar-refractivity contribution in [2.75, 3.05) is 37.5 Å². The van der Waals surface area contributed by atoms with E-state index in [4.69, 9.17) is 9.47 Å². The maximum absolute atomic E-state index is 13.0. The Morgan fingerprint density at radius 3 is 2.68 bits per heavy atom. The van der Waals surface area contributed by atoms with E-state index in [9.17, 15) is 4.79 Å². The van der Waals surface area contributed by atoms with E-state index in [2.05, 4.69) is 20.2 Å². The average molecular weight is 418 g/mol. The number of anilines is 2. The number of amides is 1. The quantitative estimate of drug-likeness (QED) is 0.652. The fourth-order valence-electron chi connectivity index (χ4n) is 3.83. The number of aromatic nitrogens is 2. The molecule has 160 valence electrons. The lowest BCUT2D eigenvalue weighted by atomic mass is 9.97. The van der Waals surface area contributed by atoms with Gasteiger partial charge in [0.15, 0.2) is 0 Å². The van der Waals surface area contributed by atoms with Crippen molar-refractivity contribution in [1.82, 2.24) is 9.97 Å². The third kappa shape index (κ3) is 4.77. The standard InChI is InChI=1S/C24H26N4O3/c1-30-19-10-11-22(31-2)21(13-19)27-24(29)18-9-6-12-28(15-18)23-14-20(25-16-26-23)17-7-4-3-5-8-17/h3-5,7-8,10-11,13-14,16,18H,6,9,12,15H2,1-2H3,(H,27,29). The average Bonchev–Trinajstić information content (AvgIpc) is 2.84. The lowest BCUT2D eigenvalue weighted by Gasteiger charge is -2.33. The van der Waals surface area contributed by atoms with E-state index < -0.39 is 0 Å². The number of methoxy groups -OCH3 is 2. The third-order valence-corrected chi connectivity index (χ3v) is 5.50. The fraction of sp³-hybridized carbons (Fsp3) is 0.292. The summed E-state index contributed by atoms with van der Waals surface area (Å²) >= 11 is 0. The smallest absolute Gasteiger partial charge is 0.229 e. The monoisotopic (exact) mass is 418 g/mol. The molecule has 7 heteroatoms. The zero-order valence-electron chi connectivity index (χ0n) is 17.7. The molecule has 0 bridgehead atoms. The van der Waals surface area contributed by atoms with E-state index in [1.54, 1.807) is 38.7 Å². The summed E-state index contributed by atoms with van der Waals surface area (Å²) in [6, 6.07) is 17.4. The van der Waals surface area contributed by atoms with Gasteiger partial charge in [0, 0.05) is 30.8 Å². The molecule has 31 heavy (non-hydrogen) atoms. The highest BCUT2D eigenvalue weighted by atomic mass is 16.5. The van der Waals surface area contributed by atoms with E-state index in [0.717, 1.165) is 36.5 Å². The Hall–Kier alpha value is -3.61. The number of rotatable bonds is 6. The van der Waals surface area contributed by atoms with E-state index in [1.165, 1.54) is 0 Å². The van der Waals surface area contributed by atoms with Crippen LogP contribution in [0.2, 0.25) is 0 Å². The maximum Gasteiger partial charge on any atom is 0.229 e. The van der Waals surface area contributed by atoms with Gasteiger partial charge in [-0.25, -0.2) is 9.97 Å². The zero-order chi connectivity index (χ0) is 21.6. The molecule has 2 aromatic carbocycles. The van der Waals surface area contributed by atoms with Crippen LogP contribution >= 0.6 is 0 Å². The Morgan fingerprint density at radius 1 is 1.06 bits per heavy atom. The number of piperidine rings is 1. The van der Waals surface area contributed by atoms with E-state index >= 15 is 0 Å². The summed E-state index contributed by atoms with van der Waals surface area (Å²) in [6.45, 7) is 1.46. The number of hydrogen-bond donors (Lipinski definition) is 1. The van der Waals surface area contributed by atoms with Crippen molar-refractivity contribution < 1.29 is 14.3 Å². The van der Waals surface area contributed by atoms with Gasteiger partial charge in [-0.3, -0.25) is 4.79 Å². The fourth-order valence-corrected chi connectivity index (χ4v) is 3.83. The minimum Gasteiger partial charge on any atom is -0.497 e. The normalized spacial score (nSPS) is 15.9. The van der Waals surface area contributed by atoms with Gasteiger partial charge in [-0.15, -0.1) is 0 Å². The Balaban J connectivity index is 1.48. The molecule has 0 radical (unpaired) electrons. The molecule has 1 aromatic heterocycles. The molecule has 0 spiro atoms. The molecule has 1 aliphatic heterocycles. The molecule has 1 atom stereocenters. The Labute approximate surface area is 182 Å². The molecule has 1 fully saturated rings. The molecule has 1 amide bonds. The molecular formula is C24H26N4O3. The van der Waals surface area contributed by atoms with Gasteiger partial charge in [0.25, 0.3) is 0 Å². The third-order valence-electron chi connectivity index (χ3n) is 5.50. The summed E-state index contributed by atoms with van der Waals surface area (Å²) in [7, 11) is 3.18. The van der Waals surface area contributed by atoms with Gasteiger partial charge in [0.2, 0.25) is 5.91 Å². The van der Waals surface area contributed by atoms with Gasteiger partial charge in [-0.05, 0) is 25.0 Å². The number of carbonyl (C=O) groups is 1. The molecule has 1 saturated heterocycles. The Kier molecular flexibility index (Phi) is 6.31. The van der Waals surface area contributed by atoms with Gasteiger partial charge in [0.05, 0.1) is 31.5 Å². The number of carbonyl (C=O) groups excluding carboxylic acids is 1. The summed E-state index contributed by atoms with van der Waals surface area (Å²) in [4.78, 5) is 24.1. The van der Waals surface area contributed by atoms with Crippen LogP contribution in [0.1, 0.15) is 12.8 Å². The van der Waals surface area contributed by atoms with Crippen molar-refractivity contribution in [2.45, 2.75) is 12.8 Å². The highest BCUT2D eigenvalue weighted by Gasteiger charge is 2.27. The van der Waals surface area contributed by atoms with Crippen LogP contribution in [0.4, 0.5) is 11.5 Å². The van der Waals surface area contributed by atoms with E-state index in [1.807, 2.05) is 36.4 Å². The first-order chi connectivity index (χ1) is 15.2. The summed E-state index contributed by atoms with van der Waals surface area (Å²) < 4.78 is 10.7. The predicted molar refractivity (Wildman–Crippen MR) is 121 cm³/mol. The van der Waals surface area contributed by atoms with Crippen LogP contribution in [0.3, 0.4) is 0 Å². The van der Waals surface area contributed by atoms with E-state index in [0.29, 0.717) is 23.7 Å². The summed E-state index contributed by atoms with van der Waals surface area (Å²) in [6.07, 6.45) is 3.33. The number of benzene rings is 2. The van der Waals surface area contributed by atoms with Crippen LogP contribution in [-0.2, 0) is 4.79 Å². The first-order valence-corrected chi connectivity index (χ1v) is 10.3. The molecule has 7 nitrogen and oxygen atoms in total. The molecule has 3 aromatic rings. The van der Waals surface area contributed by atoms with Crippen molar-refractivity contribution in [3.63, 3.8) is 0 Å². The first kappa shape index (κ1) is 20.7. The lowest BCUT2D eigenvalue weighted by molar-refractivity contribution is -0.120. The maximum atomic E-state index is 13.0. The highest BCUT2D eigenvalue weighted by Crippen LogP contribution is 2.31. The molecule has 0 saturated carbocycles. The largest absolute Gasteiger partial charge is 0.497 e. The van der Waals surface area contributed by atoms with Crippen LogP contribution in [0.5, 0.6) is 11.5 Å². The SMILES string of the molecule is COc1ccc(OC)c(NC(=O)C2CCCN(c3cc(-c4ccccc4)ncn3)C2)c1. The van der Waals surface area contributed by atoms with Crippen molar-refractivity contribution in [1.29, 1.82) is 0 Å². The van der Waals surface area contributed by atoms with Crippen molar-refractivity contribution in [3.8, 4) is 22.8 Å². The van der Waals surface area contributed by atoms with Gasteiger partial charge in [-0.2, -0.15) is 0 Å². The molecule has 1 aliphatic rings. The van der Waals surface area contributed by atoms with Crippen LogP contribution in [0, 0.1) is 5.92 Å². The van der Waals surface area contributed by atoms with E-state index in [-0.39, 0.29) is 11.8 Å². The highest BCUT2D eigenvalue weighted by molar-refractivity contribution is 5.94. The van der Waals surface area contributed by atoms with Crippen LogP contribution in [0.25, 0.3) is 11.3 Å². The van der Waals surface area contributed by atoms with Gasteiger partial charge in [0.1, 0.15) is 23.6 Å². The van der Waals surface area contributed by atoms with Crippen molar-refractivity contribution >= 4 is 17.4 Å². The lowest BCUT2D eigenvalue weighted by Crippen LogP contribution is -2.41. The molecule has 0 aliphatic carbocycles. The van der Waals surface area contributed by atoms with Gasteiger partial charge < -0.3 is 19.7 Å². The summed E-state index contributed by atoms with van der Waals surface area (Å²) in [5.74, 6) is 1.92. The Morgan fingerprint density at radius 2 is 1.90 bits per heavy atom. The van der Waals surface area contributed by atoms with Crippen molar-refractivity contribution in [3.05, 3.63) is 60.9 Å². The molecule has 1 N–H and O–H groups in total. The van der Waals surface area contributed by atoms with Crippen molar-refractivity contribution in [2.24, 2.45) is 5.92 Å². The molecular weight excluding hydrogens is 392 g/mol. The molecule has 1 unspecified atom stereocenters. The zero-order valence-corrected chi connectivity index (χ0v) is 17.7. The summed E-state index contributed by atoms with van der Waals surface area (Å²) in [5, 5.41) is 3.01. The Bertz CT molecular complexity index is 1040. The van der Waals surface area contributed by atoms with Gasteiger partial charge >= 0.3 is 0 Å².